The molecule has 3 nitrogen and oxygen atoms in total. The standard InChI is InChI=1S/C38H27NO2S/c1-25-12-10-18-29(22-25)42(40,41)35-21-11-20-33-36(35)37-34(39-33)24-31-30-19-9-8-13-26(30)23-32(31)38(37,27-14-4-2-5-15-27)28-16-6-3-7-17-28/h2-24,39H,1H3. The second-order valence-corrected chi connectivity index (χ2v) is 13.0. The predicted molar refractivity (Wildman–Crippen MR) is 170 cm³/mol. The fraction of sp³-hybridized carbons (Fsp3) is 0.0526. The molecule has 0 unspecified atom stereocenters. The molecule has 1 heterocycles. The number of fused-ring (bicyclic) bond motifs is 6. The zero-order valence-corrected chi connectivity index (χ0v) is 23.8. The zero-order chi connectivity index (χ0) is 28.5. The molecule has 0 spiro atoms. The Morgan fingerprint density at radius 3 is 2.05 bits per heavy atom. The highest BCUT2D eigenvalue weighted by atomic mass is 32.2. The summed E-state index contributed by atoms with van der Waals surface area (Å²) in [6.07, 6.45) is 4.50. The fourth-order valence-corrected chi connectivity index (χ4v) is 8.59. The molecule has 5 aromatic carbocycles. The molecule has 202 valence electrons. The van der Waals surface area contributed by atoms with E-state index in [-0.39, 0.29) is 0 Å². The molecule has 2 aliphatic carbocycles. The molecule has 4 heteroatoms. The van der Waals surface area contributed by atoms with E-state index in [1.807, 2.05) is 43.3 Å². The van der Waals surface area contributed by atoms with Gasteiger partial charge in [0.15, 0.2) is 0 Å². The van der Waals surface area contributed by atoms with Crippen molar-refractivity contribution < 1.29 is 8.42 Å². The highest BCUT2D eigenvalue weighted by Crippen LogP contribution is 2.59. The third kappa shape index (κ3) is 3.36. The first-order valence-corrected chi connectivity index (χ1v) is 15.6. The smallest absolute Gasteiger partial charge is 0.207 e. The van der Waals surface area contributed by atoms with Gasteiger partial charge >= 0.3 is 0 Å². The number of aromatic nitrogens is 1. The lowest BCUT2D eigenvalue weighted by Crippen LogP contribution is -2.34. The Hall–Kier alpha value is -4.93. The van der Waals surface area contributed by atoms with Crippen molar-refractivity contribution in [2.45, 2.75) is 22.1 Å². The quantitative estimate of drug-likeness (QED) is 0.234. The van der Waals surface area contributed by atoms with Crippen LogP contribution in [-0.4, -0.2) is 13.4 Å². The van der Waals surface area contributed by atoms with Crippen molar-refractivity contribution in [2.24, 2.45) is 0 Å². The molecule has 1 aromatic heterocycles. The fourth-order valence-electron chi connectivity index (χ4n) is 7.00. The molecular weight excluding hydrogens is 534 g/mol. The third-order valence-corrected chi connectivity index (χ3v) is 10.5. The van der Waals surface area contributed by atoms with Gasteiger partial charge in [0, 0.05) is 22.2 Å². The maximum Gasteiger partial charge on any atom is 0.207 e. The summed E-state index contributed by atoms with van der Waals surface area (Å²) in [5.74, 6) is 0. The van der Waals surface area contributed by atoms with Crippen molar-refractivity contribution in [3.8, 4) is 0 Å². The lowest BCUT2D eigenvalue weighted by atomic mass is 9.60. The molecule has 0 atom stereocenters. The molecule has 2 aliphatic rings. The number of aromatic amines is 1. The number of allylic oxidation sites excluding steroid dienone is 2. The molecule has 0 saturated heterocycles. The van der Waals surface area contributed by atoms with E-state index in [0.29, 0.717) is 9.79 Å². The minimum atomic E-state index is -3.84. The average molecular weight is 562 g/mol. The number of aryl methyl sites for hydroxylation is 1. The number of sulfone groups is 1. The van der Waals surface area contributed by atoms with Crippen LogP contribution in [-0.2, 0) is 15.3 Å². The topological polar surface area (TPSA) is 49.9 Å². The summed E-state index contributed by atoms with van der Waals surface area (Å²) in [5.41, 5.74) is 9.65. The minimum absolute atomic E-state index is 0.300. The van der Waals surface area contributed by atoms with Crippen molar-refractivity contribution in [3.05, 3.63) is 172 Å². The Labute approximate surface area is 245 Å². The van der Waals surface area contributed by atoms with Gasteiger partial charge in [-0.25, -0.2) is 8.42 Å². The summed E-state index contributed by atoms with van der Waals surface area (Å²) in [6, 6.07) is 42.2. The second-order valence-electron chi connectivity index (χ2n) is 11.1. The molecule has 0 amide bonds. The molecule has 0 saturated carbocycles. The number of benzene rings is 5. The molecular formula is C38H27NO2S. The molecule has 0 fully saturated rings. The number of hydrogen-bond donors (Lipinski definition) is 1. The average Bonchev–Trinajstić information content (AvgIpc) is 3.59. The number of nitrogens with one attached hydrogen (secondary N) is 1. The molecule has 8 rings (SSSR count). The highest BCUT2D eigenvalue weighted by Gasteiger charge is 2.49. The van der Waals surface area contributed by atoms with Crippen LogP contribution in [0, 0.1) is 6.92 Å². The van der Waals surface area contributed by atoms with E-state index in [4.69, 9.17) is 0 Å². The van der Waals surface area contributed by atoms with E-state index in [9.17, 15) is 8.42 Å². The van der Waals surface area contributed by atoms with Crippen LogP contribution < -0.4 is 0 Å². The van der Waals surface area contributed by atoms with E-state index in [1.165, 1.54) is 5.56 Å². The first-order valence-electron chi connectivity index (χ1n) is 14.1. The molecule has 42 heavy (non-hydrogen) atoms. The van der Waals surface area contributed by atoms with Gasteiger partial charge in [-0.1, -0.05) is 103 Å². The number of rotatable bonds is 4. The predicted octanol–water partition coefficient (Wildman–Crippen LogP) is 8.59. The van der Waals surface area contributed by atoms with E-state index in [0.717, 1.165) is 55.6 Å². The van der Waals surface area contributed by atoms with Gasteiger partial charge in [0.05, 0.1) is 15.2 Å². The van der Waals surface area contributed by atoms with Gasteiger partial charge < -0.3 is 4.98 Å². The van der Waals surface area contributed by atoms with Gasteiger partial charge in [-0.05, 0) is 82.3 Å². The SMILES string of the molecule is Cc1cccc(S(=O)(=O)c2cccc3[nH]c4c(c23)C(c2ccccc2)(c2ccccc2)C2=Cc3ccccc3C2=C4)c1. The Balaban J connectivity index is 1.57. The zero-order valence-electron chi connectivity index (χ0n) is 23.0. The van der Waals surface area contributed by atoms with Crippen LogP contribution in [0.15, 0.2) is 143 Å². The van der Waals surface area contributed by atoms with Gasteiger partial charge in [-0.2, -0.15) is 0 Å². The Morgan fingerprint density at radius 1 is 0.667 bits per heavy atom. The van der Waals surface area contributed by atoms with Crippen molar-refractivity contribution in [2.75, 3.05) is 0 Å². The van der Waals surface area contributed by atoms with Crippen LogP contribution in [0.4, 0.5) is 0 Å². The maximum atomic E-state index is 14.4. The van der Waals surface area contributed by atoms with Crippen molar-refractivity contribution in [1.29, 1.82) is 0 Å². The summed E-state index contributed by atoms with van der Waals surface area (Å²) >= 11 is 0. The van der Waals surface area contributed by atoms with Gasteiger partial charge in [0.1, 0.15) is 0 Å². The summed E-state index contributed by atoms with van der Waals surface area (Å²) in [4.78, 5) is 4.27. The number of hydrogen-bond acceptors (Lipinski definition) is 2. The first-order chi connectivity index (χ1) is 20.5. The van der Waals surface area contributed by atoms with Gasteiger partial charge in [0.2, 0.25) is 9.84 Å². The normalized spacial score (nSPS) is 15.0. The largest absolute Gasteiger partial charge is 0.355 e. The van der Waals surface area contributed by atoms with Gasteiger partial charge in [-0.15, -0.1) is 0 Å². The van der Waals surface area contributed by atoms with Crippen LogP contribution in [0.2, 0.25) is 0 Å². The van der Waals surface area contributed by atoms with Crippen molar-refractivity contribution in [3.63, 3.8) is 0 Å². The molecule has 0 radical (unpaired) electrons. The van der Waals surface area contributed by atoms with Crippen LogP contribution in [0.5, 0.6) is 0 Å². The Morgan fingerprint density at radius 2 is 1.33 bits per heavy atom. The van der Waals surface area contributed by atoms with Crippen LogP contribution >= 0.6 is 0 Å². The first kappa shape index (κ1) is 24.8. The maximum absolute atomic E-state index is 14.4. The summed E-state index contributed by atoms with van der Waals surface area (Å²) in [5, 5.41) is 0.730. The van der Waals surface area contributed by atoms with E-state index < -0.39 is 15.3 Å². The van der Waals surface area contributed by atoms with Crippen LogP contribution in [0.1, 0.15) is 39.1 Å². The van der Waals surface area contributed by atoms with Crippen molar-refractivity contribution in [1.82, 2.24) is 4.98 Å². The van der Waals surface area contributed by atoms with Crippen molar-refractivity contribution >= 4 is 38.5 Å². The summed E-state index contributed by atoms with van der Waals surface area (Å²) in [6.45, 7) is 1.92. The molecule has 6 aromatic rings. The summed E-state index contributed by atoms with van der Waals surface area (Å²) in [7, 11) is -3.84. The lowest BCUT2D eigenvalue weighted by molar-refractivity contribution is 0.596. The third-order valence-electron chi connectivity index (χ3n) is 8.73. The van der Waals surface area contributed by atoms with Crippen LogP contribution in [0.25, 0.3) is 28.6 Å². The lowest BCUT2D eigenvalue weighted by Gasteiger charge is -2.41. The second kappa shape index (κ2) is 9.04. The monoisotopic (exact) mass is 561 g/mol. The Kier molecular flexibility index (Phi) is 5.34. The number of H-pyrrole nitrogens is 1. The van der Waals surface area contributed by atoms with Crippen LogP contribution in [0.3, 0.4) is 0 Å². The molecule has 0 aliphatic heterocycles. The summed E-state index contributed by atoms with van der Waals surface area (Å²) < 4.78 is 28.9. The van der Waals surface area contributed by atoms with Gasteiger partial charge in [0.25, 0.3) is 0 Å². The Bertz CT molecular complexity index is 2160. The molecule has 0 bridgehead atoms. The highest BCUT2D eigenvalue weighted by molar-refractivity contribution is 7.91. The van der Waals surface area contributed by atoms with E-state index >= 15 is 0 Å². The van der Waals surface area contributed by atoms with Gasteiger partial charge in [-0.3, -0.25) is 0 Å². The minimum Gasteiger partial charge on any atom is -0.355 e. The van der Waals surface area contributed by atoms with E-state index in [1.54, 1.807) is 18.2 Å². The molecule has 1 N–H and O–H groups in total. The van der Waals surface area contributed by atoms with E-state index in [2.05, 4.69) is 89.9 Å².